The molecule has 2 fully saturated rings. The van der Waals surface area contributed by atoms with Gasteiger partial charge in [0.15, 0.2) is 0 Å². The van der Waals surface area contributed by atoms with E-state index in [-0.39, 0.29) is 7.92 Å². The zero-order chi connectivity index (χ0) is 19.0. The van der Waals surface area contributed by atoms with Crippen LogP contribution in [-0.2, 0) is 0 Å². The van der Waals surface area contributed by atoms with E-state index in [0.717, 1.165) is 22.6 Å². The molecule has 2 saturated heterocycles. The van der Waals surface area contributed by atoms with E-state index >= 15 is 0 Å². The summed E-state index contributed by atoms with van der Waals surface area (Å²) in [4.78, 5) is 0. The minimum absolute atomic E-state index is 0.135. The van der Waals surface area contributed by atoms with Crippen LogP contribution in [0.1, 0.15) is 107 Å². The Hall–Kier alpha value is 0.860. The van der Waals surface area contributed by atoms with Gasteiger partial charge in [-0.05, 0) is 0 Å². The quantitative estimate of drug-likeness (QED) is 0.388. The average Bonchev–Trinajstić information content (AvgIpc) is 3.15. The Morgan fingerprint density at radius 3 is 1.44 bits per heavy atom. The van der Waals surface area contributed by atoms with Crippen molar-refractivity contribution >= 4 is 15.2 Å². The fraction of sp³-hybridized carbons (Fsp3) is 1.00. The van der Waals surface area contributed by atoms with Crippen LogP contribution < -0.4 is 0 Å². The van der Waals surface area contributed by atoms with Crippen molar-refractivity contribution in [1.82, 2.24) is 0 Å². The molecule has 2 aliphatic heterocycles. The second-order valence-corrected chi connectivity index (χ2v) is 19.2. The van der Waals surface area contributed by atoms with E-state index in [0.29, 0.717) is 10.3 Å². The Morgan fingerprint density at radius 1 is 0.720 bits per heavy atom. The van der Waals surface area contributed by atoms with Gasteiger partial charge >= 0.3 is 162 Å². The fourth-order valence-electron chi connectivity index (χ4n) is 7.27. The van der Waals surface area contributed by atoms with Crippen molar-refractivity contribution in [1.29, 1.82) is 0 Å². The van der Waals surface area contributed by atoms with Crippen molar-refractivity contribution in [2.45, 2.75) is 140 Å². The standard InChI is InChI=1S/C23H48P2/c1-10-18-14-15-19(11-2)24(18)22(5,6)23(7,8)25(9)20(12-3)16-17-21(25)13-4/h18-21,25H,10-17H2,1-9H3/t18-,19-,20-,21-/m1/s1. The van der Waals surface area contributed by atoms with E-state index in [1.165, 1.54) is 51.4 Å². The van der Waals surface area contributed by atoms with Crippen LogP contribution in [0, 0.1) is 0 Å². The van der Waals surface area contributed by atoms with Gasteiger partial charge in [-0.1, -0.05) is 0 Å². The van der Waals surface area contributed by atoms with Crippen molar-refractivity contribution in [2.24, 2.45) is 0 Å². The maximum absolute atomic E-state index is 2.84. The van der Waals surface area contributed by atoms with Gasteiger partial charge in [-0.25, -0.2) is 0 Å². The molecule has 0 saturated carbocycles. The second kappa shape index (κ2) is 8.08. The Labute approximate surface area is 161 Å². The fourth-order valence-corrected chi connectivity index (χ4v) is 20.3. The van der Waals surface area contributed by atoms with Crippen LogP contribution in [0.4, 0.5) is 0 Å². The molecular weight excluding hydrogens is 338 g/mol. The molecule has 2 heteroatoms. The first-order chi connectivity index (χ1) is 11.6. The van der Waals surface area contributed by atoms with Crippen molar-refractivity contribution in [3.05, 3.63) is 0 Å². The molecule has 0 spiro atoms. The third kappa shape index (κ3) is 3.29. The molecule has 0 amide bonds. The third-order valence-electron chi connectivity index (χ3n) is 9.63. The molecule has 0 aromatic rings. The number of rotatable bonds is 7. The van der Waals surface area contributed by atoms with Crippen molar-refractivity contribution in [3.8, 4) is 0 Å². The van der Waals surface area contributed by atoms with Gasteiger partial charge in [-0.2, -0.15) is 0 Å². The average molecular weight is 387 g/mol. The first-order valence-electron chi connectivity index (χ1n) is 11.4. The van der Waals surface area contributed by atoms with E-state index in [1.807, 2.05) is 0 Å². The van der Waals surface area contributed by atoms with E-state index in [9.17, 15) is 0 Å². The zero-order valence-corrected chi connectivity index (χ0v) is 20.8. The van der Waals surface area contributed by atoms with Gasteiger partial charge in [0.25, 0.3) is 0 Å². The molecule has 0 unspecified atom stereocenters. The molecule has 2 aliphatic rings. The Balaban J connectivity index is 2.47. The van der Waals surface area contributed by atoms with Crippen LogP contribution in [0.25, 0.3) is 0 Å². The van der Waals surface area contributed by atoms with Gasteiger partial charge in [-0.15, -0.1) is 0 Å². The number of hydrogen-bond acceptors (Lipinski definition) is 0. The molecule has 0 N–H and O–H groups in total. The Kier molecular flexibility index (Phi) is 7.16. The summed E-state index contributed by atoms with van der Waals surface area (Å²) in [5.41, 5.74) is 4.19. The summed E-state index contributed by atoms with van der Waals surface area (Å²) < 4.78 is 0. The molecule has 0 aromatic carbocycles. The first kappa shape index (κ1) is 22.2. The maximum atomic E-state index is 2.84. The van der Waals surface area contributed by atoms with Gasteiger partial charge < -0.3 is 0 Å². The molecule has 0 nitrogen and oxygen atoms in total. The molecule has 0 aromatic heterocycles. The van der Waals surface area contributed by atoms with Crippen LogP contribution in [-0.4, -0.2) is 39.6 Å². The Morgan fingerprint density at radius 2 is 1.12 bits per heavy atom. The molecular formula is C23H48P2. The van der Waals surface area contributed by atoms with Gasteiger partial charge in [-0.3, -0.25) is 0 Å². The summed E-state index contributed by atoms with van der Waals surface area (Å²) >= 11 is 0. The molecule has 0 bridgehead atoms. The SMILES string of the molecule is CC[C@@H]1CC[C@@H](CC)P1C(C)(C)C(C)(C)[PH]1(C)[C@H](CC)CC[C@H]1CC. The van der Waals surface area contributed by atoms with Crippen LogP contribution in [0.2, 0.25) is 0 Å². The summed E-state index contributed by atoms with van der Waals surface area (Å²) in [6.45, 7) is 23.7. The van der Waals surface area contributed by atoms with E-state index in [2.05, 4.69) is 62.1 Å². The van der Waals surface area contributed by atoms with Crippen molar-refractivity contribution in [3.63, 3.8) is 0 Å². The van der Waals surface area contributed by atoms with E-state index < -0.39 is 7.26 Å². The van der Waals surface area contributed by atoms with Crippen LogP contribution in [0.15, 0.2) is 0 Å². The summed E-state index contributed by atoms with van der Waals surface area (Å²) in [7, 11) is -1.21. The van der Waals surface area contributed by atoms with Crippen LogP contribution >= 0.6 is 15.2 Å². The van der Waals surface area contributed by atoms with E-state index in [1.54, 1.807) is 0 Å². The van der Waals surface area contributed by atoms with Crippen LogP contribution in [0.5, 0.6) is 0 Å². The third-order valence-corrected chi connectivity index (χ3v) is 22.6. The molecule has 0 aliphatic carbocycles. The van der Waals surface area contributed by atoms with E-state index in [4.69, 9.17) is 0 Å². The molecule has 150 valence electrons. The van der Waals surface area contributed by atoms with Gasteiger partial charge in [0, 0.05) is 0 Å². The minimum atomic E-state index is -1.34. The monoisotopic (exact) mass is 386 g/mol. The summed E-state index contributed by atoms with van der Waals surface area (Å²) in [6.07, 6.45) is 11.8. The normalized spacial score (nSPS) is 35.2. The number of hydrogen-bond donors (Lipinski definition) is 0. The van der Waals surface area contributed by atoms with Crippen LogP contribution in [0.3, 0.4) is 0 Å². The predicted molar refractivity (Wildman–Crippen MR) is 124 cm³/mol. The molecule has 2 heterocycles. The molecule has 0 radical (unpaired) electrons. The zero-order valence-electron chi connectivity index (χ0n) is 18.9. The van der Waals surface area contributed by atoms with Gasteiger partial charge in [0.2, 0.25) is 0 Å². The van der Waals surface area contributed by atoms with Crippen molar-refractivity contribution in [2.75, 3.05) is 6.66 Å². The molecule has 25 heavy (non-hydrogen) atoms. The Bertz CT molecular complexity index is 415. The predicted octanol–water partition coefficient (Wildman–Crippen LogP) is 8.11. The molecule has 2 rings (SSSR count). The summed E-state index contributed by atoms with van der Waals surface area (Å²) in [5.74, 6) is 0. The first-order valence-corrected chi connectivity index (χ1v) is 15.5. The second-order valence-electron chi connectivity index (χ2n) is 10.4. The van der Waals surface area contributed by atoms with Gasteiger partial charge in [0.05, 0.1) is 0 Å². The molecule has 4 atom stereocenters. The van der Waals surface area contributed by atoms with Gasteiger partial charge in [0.1, 0.15) is 0 Å². The topological polar surface area (TPSA) is 0 Å². The summed E-state index contributed by atoms with van der Waals surface area (Å²) in [6, 6.07) is 0. The summed E-state index contributed by atoms with van der Waals surface area (Å²) in [5, 5.41) is 1.08. The van der Waals surface area contributed by atoms with Crippen molar-refractivity contribution < 1.29 is 0 Å².